The zero-order valence-corrected chi connectivity index (χ0v) is 9.86. The van der Waals surface area contributed by atoms with E-state index in [4.69, 9.17) is 14.2 Å². The molecule has 1 aliphatic rings. The molecule has 0 spiro atoms. The van der Waals surface area contributed by atoms with E-state index in [1.165, 1.54) is 7.11 Å². The molecular weight excluding hydrogens is 220 g/mol. The summed E-state index contributed by atoms with van der Waals surface area (Å²) in [5, 5.41) is 0. The van der Waals surface area contributed by atoms with Gasteiger partial charge < -0.3 is 14.2 Å². The van der Waals surface area contributed by atoms with Crippen molar-refractivity contribution >= 4 is 5.78 Å². The summed E-state index contributed by atoms with van der Waals surface area (Å²) in [7, 11) is 3.10. The Bertz CT molecular complexity index is 462. The van der Waals surface area contributed by atoms with Gasteiger partial charge in [0, 0.05) is 12.0 Å². The second-order valence-electron chi connectivity index (χ2n) is 3.60. The van der Waals surface area contributed by atoms with Gasteiger partial charge in [0.1, 0.15) is 0 Å². The number of benzene rings is 1. The van der Waals surface area contributed by atoms with Crippen LogP contribution in [0.25, 0.3) is 0 Å². The second-order valence-corrected chi connectivity index (χ2v) is 3.60. The van der Waals surface area contributed by atoms with Crippen LogP contribution in [0.2, 0.25) is 0 Å². The minimum atomic E-state index is -0.122. The highest BCUT2D eigenvalue weighted by atomic mass is 16.5. The molecule has 1 aromatic rings. The van der Waals surface area contributed by atoms with Crippen molar-refractivity contribution < 1.29 is 19.0 Å². The van der Waals surface area contributed by atoms with Crippen LogP contribution in [-0.2, 0) is 4.74 Å². The highest BCUT2D eigenvalue weighted by molar-refractivity contribution is 6.07. The van der Waals surface area contributed by atoms with Crippen LogP contribution in [-0.4, -0.2) is 26.6 Å². The molecule has 0 saturated carbocycles. The van der Waals surface area contributed by atoms with Gasteiger partial charge in [0.25, 0.3) is 0 Å². The van der Waals surface area contributed by atoms with E-state index in [0.717, 1.165) is 6.42 Å². The van der Waals surface area contributed by atoms with E-state index in [1.54, 1.807) is 31.4 Å². The first-order valence-corrected chi connectivity index (χ1v) is 5.36. The summed E-state index contributed by atoms with van der Waals surface area (Å²) < 4.78 is 15.5. The predicted molar refractivity (Wildman–Crippen MR) is 62.5 cm³/mol. The third kappa shape index (κ3) is 2.25. The van der Waals surface area contributed by atoms with Gasteiger partial charge in [-0.2, -0.15) is 0 Å². The fourth-order valence-corrected chi connectivity index (χ4v) is 1.70. The molecule has 0 amide bonds. The summed E-state index contributed by atoms with van der Waals surface area (Å²) in [5.41, 5.74) is 0.538. The summed E-state index contributed by atoms with van der Waals surface area (Å²) in [6.45, 7) is 0.578. The molecule has 90 valence electrons. The Morgan fingerprint density at radius 1 is 1.24 bits per heavy atom. The minimum Gasteiger partial charge on any atom is -0.493 e. The number of hydrogen-bond acceptors (Lipinski definition) is 4. The molecule has 0 radical (unpaired) electrons. The van der Waals surface area contributed by atoms with Gasteiger partial charge in [0.05, 0.1) is 20.8 Å². The van der Waals surface area contributed by atoms with E-state index >= 15 is 0 Å². The van der Waals surface area contributed by atoms with Crippen LogP contribution >= 0.6 is 0 Å². The third-order valence-corrected chi connectivity index (χ3v) is 2.57. The van der Waals surface area contributed by atoms with Crippen LogP contribution in [0, 0.1) is 0 Å². The molecule has 0 atom stereocenters. The van der Waals surface area contributed by atoms with E-state index in [1.807, 2.05) is 0 Å². The van der Waals surface area contributed by atoms with Crippen LogP contribution in [0.5, 0.6) is 11.5 Å². The monoisotopic (exact) mass is 234 g/mol. The summed E-state index contributed by atoms with van der Waals surface area (Å²) in [5.74, 6) is 1.43. The number of hydrogen-bond donors (Lipinski definition) is 0. The predicted octanol–water partition coefficient (Wildman–Crippen LogP) is 2.19. The lowest BCUT2D eigenvalue weighted by atomic mass is 10.1. The lowest BCUT2D eigenvalue weighted by Crippen LogP contribution is -2.04. The highest BCUT2D eigenvalue weighted by Gasteiger charge is 2.18. The van der Waals surface area contributed by atoms with Crippen molar-refractivity contribution in [3.63, 3.8) is 0 Å². The van der Waals surface area contributed by atoms with E-state index in [0.29, 0.717) is 29.4 Å². The molecule has 4 nitrogen and oxygen atoms in total. The lowest BCUT2D eigenvalue weighted by Gasteiger charge is -2.09. The summed E-state index contributed by atoms with van der Waals surface area (Å²) in [6, 6.07) is 5.07. The summed E-state index contributed by atoms with van der Waals surface area (Å²) >= 11 is 0. The van der Waals surface area contributed by atoms with E-state index in [-0.39, 0.29) is 5.78 Å². The molecule has 1 aliphatic heterocycles. The largest absolute Gasteiger partial charge is 0.493 e. The maximum atomic E-state index is 12.0. The van der Waals surface area contributed by atoms with Crippen molar-refractivity contribution in [3.05, 3.63) is 35.6 Å². The fraction of sp³-hybridized carbons (Fsp3) is 0.308. The normalized spacial score (nSPS) is 13.9. The van der Waals surface area contributed by atoms with Crippen molar-refractivity contribution in [1.29, 1.82) is 0 Å². The Kier molecular flexibility index (Phi) is 3.32. The van der Waals surface area contributed by atoms with Crippen molar-refractivity contribution in [1.82, 2.24) is 0 Å². The molecule has 0 aromatic heterocycles. The molecule has 0 unspecified atom stereocenters. The third-order valence-electron chi connectivity index (χ3n) is 2.57. The summed E-state index contributed by atoms with van der Waals surface area (Å²) in [4.78, 5) is 12.0. The van der Waals surface area contributed by atoms with E-state index in [9.17, 15) is 4.79 Å². The zero-order valence-electron chi connectivity index (χ0n) is 9.86. The first-order chi connectivity index (χ1) is 8.26. The Morgan fingerprint density at radius 2 is 2.00 bits per heavy atom. The first kappa shape index (κ1) is 11.5. The second kappa shape index (κ2) is 4.91. The van der Waals surface area contributed by atoms with Crippen LogP contribution in [0.4, 0.5) is 0 Å². The van der Waals surface area contributed by atoms with Crippen LogP contribution in [0.1, 0.15) is 16.8 Å². The number of allylic oxidation sites excluding steroid dienone is 1. The Balaban J connectivity index is 2.30. The number of Topliss-reactive ketones (excluding diaryl/α,β-unsaturated/α-hetero) is 1. The number of rotatable bonds is 4. The van der Waals surface area contributed by atoms with Gasteiger partial charge in [-0.05, 0) is 24.3 Å². The number of carbonyl (C=O) groups is 1. The van der Waals surface area contributed by atoms with Crippen molar-refractivity contribution in [2.45, 2.75) is 6.42 Å². The molecule has 0 N–H and O–H groups in total. The molecule has 1 heterocycles. The average molecular weight is 234 g/mol. The van der Waals surface area contributed by atoms with Gasteiger partial charge in [-0.15, -0.1) is 0 Å². The van der Waals surface area contributed by atoms with Crippen LogP contribution in [0.3, 0.4) is 0 Å². The molecule has 4 heteroatoms. The Labute approximate surface area is 99.8 Å². The minimum absolute atomic E-state index is 0.122. The molecule has 0 bridgehead atoms. The van der Waals surface area contributed by atoms with Crippen molar-refractivity contribution in [2.24, 2.45) is 0 Å². The maximum Gasteiger partial charge on any atom is 0.227 e. The van der Waals surface area contributed by atoms with Crippen molar-refractivity contribution in [3.8, 4) is 11.5 Å². The van der Waals surface area contributed by atoms with Crippen LogP contribution in [0.15, 0.2) is 30.0 Å². The van der Waals surface area contributed by atoms with E-state index in [2.05, 4.69) is 0 Å². The Hall–Kier alpha value is -1.97. The van der Waals surface area contributed by atoms with E-state index < -0.39 is 0 Å². The quantitative estimate of drug-likeness (QED) is 0.749. The smallest absolute Gasteiger partial charge is 0.227 e. The van der Waals surface area contributed by atoms with Gasteiger partial charge in [-0.25, -0.2) is 0 Å². The number of ketones is 1. The molecule has 17 heavy (non-hydrogen) atoms. The molecule has 0 saturated heterocycles. The molecule has 0 aliphatic carbocycles. The number of ether oxygens (including phenoxy) is 3. The SMILES string of the molecule is COc1ccc(C(=O)C2=CCCO2)cc1OC. The molecule has 2 rings (SSSR count). The van der Waals surface area contributed by atoms with Gasteiger partial charge in [0.15, 0.2) is 17.3 Å². The standard InChI is InChI=1S/C13H14O4/c1-15-10-6-5-9(8-12(10)16-2)13(14)11-4-3-7-17-11/h4-6,8H,3,7H2,1-2H3. The van der Waals surface area contributed by atoms with Gasteiger partial charge >= 0.3 is 0 Å². The number of methoxy groups -OCH3 is 2. The zero-order chi connectivity index (χ0) is 12.3. The van der Waals surface area contributed by atoms with Gasteiger partial charge in [0.2, 0.25) is 5.78 Å². The highest BCUT2D eigenvalue weighted by Crippen LogP contribution is 2.29. The van der Waals surface area contributed by atoms with Gasteiger partial charge in [-0.1, -0.05) is 0 Å². The average Bonchev–Trinajstić information content (AvgIpc) is 2.90. The topological polar surface area (TPSA) is 44.8 Å². The number of carbonyl (C=O) groups excluding carboxylic acids is 1. The van der Waals surface area contributed by atoms with Crippen molar-refractivity contribution in [2.75, 3.05) is 20.8 Å². The van der Waals surface area contributed by atoms with Gasteiger partial charge in [-0.3, -0.25) is 4.79 Å². The maximum absolute atomic E-state index is 12.0. The lowest BCUT2D eigenvalue weighted by molar-refractivity contribution is 0.0942. The Morgan fingerprint density at radius 3 is 2.59 bits per heavy atom. The van der Waals surface area contributed by atoms with Crippen LogP contribution < -0.4 is 9.47 Å². The molecule has 1 aromatic carbocycles. The molecular formula is C13H14O4. The summed E-state index contributed by atoms with van der Waals surface area (Å²) in [6.07, 6.45) is 2.59. The first-order valence-electron chi connectivity index (χ1n) is 5.36. The fourth-order valence-electron chi connectivity index (χ4n) is 1.70. The molecule has 0 fully saturated rings.